The maximum Gasteiger partial charge on any atom is 0.335 e. The Hall–Kier alpha value is -2.97. The largest absolute Gasteiger partial charge is 0.492 e. The molecule has 8 nitrogen and oxygen atoms in total. The van der Waals surface area contributed by atoms with Crippen molar-refractivity contribution in [1.29, 1.82) is 0 Å². The molecule has 176 valence electrons. The molecule has 33 heavy (non-hydrogen) atoms. The van der Waals surface area contributed by atoms with Gasteiger partial charge >= 0.3 is 11.7 Å². The zero-order chi connectivity index (χ0) is 23.5. The van der Waals surface area contributed by atoms with E-state index in [1.54, 1.807) is 10.6 Å². The Labute approximate surface area is 196 Å². The molecule has 1 aromatic heterocycles. The molecular formula is C24H28ClN3O5. The number of carboxylic acids is 1. The standard InChI is InChI=1S/C24H28ClN3O5/c1-3-32-20-11-15(12-21(22(20)25)33-4-2)14-27-9-7-17(8-10-27)28-19-6-5-16(23(29)30)13-18(19)26-24(28)31/h5-6,11-13,17H,3-4,7-10,14H2,1-2H3,(H,26,31)(H,29,30). The highest BCUT2D eigenvalue weighted by Gasteiger charge is 2.24. The summed E-state index contributed by atoms with van der Waals surface area (Å²) in [6.07, 6.45) is 1.63. The van der Waals surface area contributed by atoms with E-state index in [-0.39, 0.29) is 17.3 Å². The number of H-pyrrole nitrogens is 1. The molecular weight excluding hydrogens is 446 g/mol. The molecule has 0 unspecified atom stereocenters. The van der Waals surface area contributed by atoms with E-state index in [9.17, 15) is 14.7 Å². The molecule has 1 fully saturated rings. The molecule has 3 aromatic rings. The van der Waals surface area contributed by atoms with Crippen molar-refractivity contribution in [3.8, 4) is 11.5 Å². The number of carboxylic acid groups (broad SMARTS) is 1. The number of ether oxygens (including phenoxy) is 2. The molecule has 2 heterocycles. The molecule has 0 aliphatic carbocycles. The summed E-state index contributed by atoms with van der Waals surface area (Å²) in [5, 5.41) is 9.69. The Balaban J connectivity index is 1.48. The lowest BCUT2D eigenvalue weighted by Crippen LogP contribution is -2.36. The molecule has 1 aliphatic heterocycles. The van der Waals surface area contributed by atoms with Crippen molar-refractivity contribution in [3.05, 3.63) is 57.0 Å². The van der Waals surface area contributed by atoms with Gasteiger partial charge in [-0.15, -0.1) is 0 Å². The average molecular weight is 474 g/mol. The highest BCUT2D eigenvalue weighted by molar-refractivity contribution is 6.33. The van der Waals surface area contributed by atoms with Crippen LogP contribution in [0.4, 0.5) is 0 Å². The Morgan fingerprint density at radius 1 is 1.12 bits per heavy atom. The van der Waals surface area contributed by atoms with Crippen LogP contribution in [-0.4, -0.2) is 51.8 Å². The molecule has 2 N–H and O–H groups in total. The molecule has 1 saturated heterocycles. The summed E-state index contributed by atoms with van der Waals surface area (Å²) in [6.45, 7) is 7.27. The summed E-state index contributed by atoms with van der Waals surface area (Å²) in [4.78, 5) is 29.0. The molecule has 4 rings (SSSR count). The molecule has 0 amide bonds. The van der Waals surface area contributed by atoms with Gasteiger partial charge in [0.25, 0.3) is 0 Å². The zero-order valence-corrected chi connectivity index (χ0v) is 19.5. The Morgan fingerprint density at radius 2 is 1.76 bits per heavy atom. The van der Waals surface area contributed by atoms with E-state index in [0.717, 1.165) is 43.6 Å². The van der Waals surface area contributed by atoms with Gasteiger partial charge in [-0.25, -0.2) is 9.59 Å². The first-order valence-corrected chi connectivity index (χ1v) is 11.6. The van der Waals surface area contributed by atoms with Crippen LogP contribution in [0.1, 0.15) is 48.7 Å². The minimum atomic E-state index is -1.01. The predicted octanol–water partition coefficient (Wildman–Crippen LogP) is 4.32. The van der Waals surface area contributed by atoms with Gasteiger partial charge in [0, 0.05) is 25.7 Å². The molecule has 0 saturated carbocycles. The number of carbonyl (C=O) groups is 1. The van der Waals surface area contributed by atoms with Crippen molar-refractivity contribution in [3.63, 3.8) is 0 Å². The summed E-state index contributed by atoms with van der Waals surface area (Å²) in [5.41, 5.74) is 2.31. The summed E-state index contributed by atoms with van der Waals surface area (Å²) >= 11 is 6.42. The van der Waals surface area contributed by atoms with Gasteiger partial charge in [0.2, 0.25) is 0 Å². The first kappa shape index (κ1) is 23.2. The van der Waals surface area contributed by atoms with E-state index >= 15 is 0 Å². The summed E-state index contributed by atoms with van der Waals surface area (Å²) in [6, 6.07) is 8.74. The molecule has 0 spiro atoms. The van der Waals surface area contributed by atoms with Crippen molar-refractivity contribution in [2.75, 3.05) is 26.3 Å². The van der Waals surface area contributed by atoms with Gasteiger partial charge in [-0.2, -0.15) is 0 Å². The van der Waals surface area contributed by atoms with E-state index in [1.165, 1.54) is 12.1 Å². The lowest BCUT2D eigenvalue weighted by Gasteiger charge is -2.32. The normalized spacial score (nSPS) is 15.1. The number of nitrogens with zero attached hydrogens (tertiary/aromatic N) is 2. The number of hydrogen-bond acceptors (Lipinski definition) is 5. The molecule has 0 radical (unpaired) electrons. The number of piperidine rings is 1. The van der Waals surface area contributed by atoms with Crippen molar-refractivity contribution >= 4 is 28.6 Å². The summed E-state index contributed by atoms with van der Waals surface area (Å²) < 4.78 is 13.1. The molecule has 1 aliphatic rings. The second-order valence-corrected chi connectivity index (χ2v) is 8.49. The average Bonchev–Trinajstić information content (AvgIpc) is 3.12. The predicted molar refractivity (Wildman–Crippen MR) is 127 cm³/mol. The van der Waals surface area contributed by atoms with E-state index in [1.807, 2.05) is 26.0 Å². The van der Waals surface area contributed by atoms with Crippen molar-refractivity contribution in [2.24, 2.45) is 0 Å². The Kier molecular flexibility index (Phi) is 6.95. The third-order valence-electron chi connectivity index (χ3n) is 5.96. The molecule has 2 aromatic carbocycles. The van der Waals surface area contributed by atoms with Crippen LogP contribution >= 0.6 is 11.6 Å². The Morgan fingerprint density at radius 3 is 2.33 bits per heavy atom. The SMILES string of the molecule is CCOc1cc(CN2CCC(n3c(=O)[nH]c4cc(C(=O)O)ccc43)CC2)cc(OCC)c1Cl. The first-order valence-electron chi connectivity index (χ1n) is 11.2. The van der Waals surface area contributed by atoms with Gasteiger partial charge in [0.1, 0.15) is 16.5 Å². The van der Waals surface area contributed by atoms with Crippen LogP contribution in [0.2, 0.25) is 5.02 Å². The van der Waals surface area contributed by atoms with Gasteiger partial charge < -0.3 is 19.6 Å². The minimum Gasteiger partial charge on any atom is -0.492 e. The second kappa shape index (κ2) is 9.89. The van der Waals surface area contributed by atoms with E-state index < -0.39 is 5.97 Å². The highest BCUT2D eigenvalue weighted by atomic mass is 35.5. The van der Waals surface area contributed by atoms with E-state index in [2.05, 4.69) is 9.88 Å². The number of benzene rings is 2. The number of fused-ring (bicyclic) bond motifs is 1. The van der Waals surface area contributed by atoms with Crippen LogP contribution in [0.15, 0.2) is 35.1 Å². The number of nitrogens with one attached hydrogen (secondary N) is 1. The highest BCUT2D eigenvalue weighted by Crippen LogP contribution is 2.36. The number of aromatic amines is 1. The van der Waals surface area contributed by atoms with Crippen LogP contribution in [0.25, 0.3) is 11.0 Å². The van der Waals surface area contributed by atoms with Gasteiger partial charge in [-0.1, -0.05) is 11.6 Å². The number of aromatic carboxylic acids is 1. The molecule has 0 bridgehead atoms. The fourth-order valence-electron chi connectivity index (χ4n) is 4.46. The van der Waals surface area contributed by atoms with Crippen molar-refractivity contribution < 1.29 is 19.4 Å². The minimum absolute atomic E-state index is 0.0568. The number of imidazole rings is 1. The smallest absolute Gasteiger partial charge is 0.335 e. The number of halogens is 1. The molecule has 0 atom stereocenters. The molecule has 9 heteroatoms. The van der Waals surface area contributed by atoms with Crippen LogP contribution in [0, 0.1) is 0 Å². The monoisotopic (exact) mass is 473 g/mol. The van der Waals surface area contributed by atoms with Crippen LogP contribution in [0.3, 0.4) is 0 Å². The van der Waals surface area contributed by atoms with Gasteiger partial charge in [-0.3, -0.25) is 9.47 Å². The summed E-state index contributed by atoms with van der Waals surface area (Å²) in [7, 11) is 0. The number of hydrogen-bond donors (Lipinski definition) is 2. The second-order valence-electron chi connectivity index (χ2n) is 8.12. The fourth-order valence-corrected chi connectivity index (χ4v) is 4.68. The summed E-state index contributed by atoms with van der Waals surface area (Å²) in [5.74, 6) is 0.239. The van der Waals surface area contributed by atoms with Crippen LogP contribution in [0.5, 0.6) is 11.5 Å². The topological polar surface area (TPSA) is 96.8 Å². The maximum atomic E-state index is 12.6. The lowest BCUT2D eigenvalue weighted by atomic mass is 10.0. The van der Waals surface area contributed by atoms with Gasteiger partial charge in [0.05, 0.1) is 29.8 Å². The Bertz CT molecular complexity index is 1180. The number of likely N-dealkylation sites (tertiary alicyclic amines) is 1. The van der Waals surface area contributed by atoms with Gasteiger partial charge in [-0.05, 0) is 62.6 Å². The zero-order valence-electron chi connectivity index (χ0n) is 18.8. The number of aromatic nitrogens is 2. The lowest BCUT2D eigenvalue weighted by molar-refractivity contribution is 0.0697. The van der Waals surface area contributed by atoms with E-state index in [4.69, 9.17) is 21.1 Å². The van der Waals surface area contributed by atoms with Crippen LogP contribution < -0.4 is 15.2 Å². The quantitative estimate of drug-likeness (QED) is 0.506. The van der Waals surface area contributed by atoms with Crippen molar-refractivity contribution in [1.82, 2.24) is 14.5 Å². The maximum absolute atomic E-state index is 12.6. The van der Waals surface area contributed by atoms with Crippen LogP contribution in [-0.2, 0) is 6.54 Å². The van der Waals surface area contributed by atoms with E-state index in [0.29, 0.717) is 35.3 Å². The fraction of sp³-hybridized carbons (Fsp3) is 0.417. The third kappa shape index (κ3) is 4.86. The van der Waals surface area contributed by atoms with Gasteiger partial charge in [0.15, 0.2) is 0 Å². The number of rotatable bonds is 8. The van der Waals surface area contributed by atoms with Crippen molar-refractivity contribution in [2.45, 2.75) is 39.3 Å². The first-order chi connectivity index (χ1) is 15.9. The third-order valence-corrected chi connectivity index (χ3v) is 6.33.